The van der Waals surface area contributed by atoms with Crippen LogP contribution in [0.25, 0.3) is 6.08 Å². The van der Waals surface area contributed by atoms with Gasteiger partial charge < -0.3 is 10.5 Å². The first-order valence-corrected chi connectivity index (χ1v) is 6.16. The molecule has 0 saturated carbocycles. The van der Waals surface area contributed by atoms with Gasteiger partial charge in [-0.1, -0.05) is 30.3 Å². The fraction of sp³-hybridized carbons (Fsp3) is 0. The highest BCUT2D eigenvalue weighted by Crippen LogP contribution is 2.19. The second kappa shape index (κ2) is 5.01. The third-order valence-corrected chi connectivity index (χ3v) is 2.88. The summed E-state index contributed by atoms with van der Waals surface area (Å²) in [7, 11) is 0. The molecule has 0 radical (unpaired) electrons. The quantitative estimate of drug-likeness (QED) is 0.515. The Hall–Kier alpha value is -2.88. The van der Waals surface area contributed by atoms with E-state index in [1.807, 2.05) is 42.5 Å². The number of rotatable bonds is 2. The molecule has 0 fully saturated rings. The van der Waals surface area contributed by atoms with Crippen LogP contribution in [-0.2, 0) is 9.53 Å². The number of ether oxygens (including phenoxy) is 1. The number of anilines is 1. The van der Waals surface area contributed by atoms with Crippen LogP contribution in [0.4, 0.5) is 5.69 Å². The van der Waals surface area contributed by atoms with Gasteiger partial charge in [-0.05, 0) is 35.9 Å². The summed E-state index contributed by atoms with van der Waals surface area (Å²) < 4.78 is 5.17. The lowest BCUT2D eigenvalue weighted by Crippen LogP contribution is -2.04. The Morgan fingerprint density at radius 1 is 1.00 bits per heavy atom. The highest BCUT2D eigenvalue weighted by Gasteiger charge is 2.23. The number of nitrogens with zero attached hydrogens (tertiary/aromatic N) is 1. The first kappa shape index (κ1) is 12.2. The molecule has 2 aromatic rings. The lowest BCUT2D eigenvalue weighted by molar-refractivity contribution is -0.129. The van der Waals surface area contributed by atoms with E-state index in [9.17, 15) is 4.79 Å². The van der Waals surface area contributed by atoms with Crippen molar-refractivity contribution in [3.63, 3.8) is 0 Å². The molecule has 0 aliphatic carbocycles. The van der Waals surface area contributed by atoms with Crippen LogP contribution >= 0.6 is 0 Å². The van der Waals surface area contributed by atoms with Gasteiger partial charge in [0.15, 0.2) is 5.70 Å². The zero-order chi connectivity index (χ0) is 13.9. The van der Waals surface area contributed by atoms with Crippen molar-refractivity contribution in [2.75, 3.05) is 5.73 Å². The van der Waals surface area contributed by atoms with Gasteiger partial charge in [0.05, 0.1) is 0 Å². The first-order chi connectivity index (χ1) is 9.72. The molecule has 0 aromatic heterocycles. The Kier molecular flexibility index (Phi) is 3.05. The first-order valence-electron chi connectivity index (χ1n) is 6.16. The zero-order valence-corrected chi connectivity index (χ0v) is 10.6. The fourth-order valence-electron chi connectivity index (χ4n) is 1.86. The van der Waals surface area contributed by atoms with Gasteiger partial charge in [0.25, 0.3) is 0 Å². The average molecular weight is 264 g/mol. The molecule has 20 heavy (non-hydrogen) atoms. The van der Waals surface area contributed by atoms with Crippen LogP contribution in [0.3, 0.4) is 0 Å². The highest BCUT2D eigenvalue weighted by molar-refractivity contribution is 6.12. The van der Waals surface area contributed by atoms with Gasteiger partial charge in [-0.15, -0.1) is 0 Å². The van der Waals surface area contributed by atoms with E-state index in [-0.39, 0.29) is 5.70 Å². The number of carbonyl (C=O) groups excluding carboxylic acids is 1. The van der Waals surface area contributed by atoms with Crippen molar-refractivity contribution < 1.29 is 9.53 Å². The van der Waals surface area contributed by atoms with Crippen molar-refractivity contribution in [3.05, 3.63) is 71.4 Å². The van der Waals surface area contributed by atoms with Gasteiger partial charge in [-0.2, -0.15) is 0 Å². The summed E-state index contributed by atoms with van der Waals surface area (Å²) in [5, 5.41) is 0. The van der Waals surface area contributed by atoms with Crippen molar-refractivity contribution in [3.8, 4) is 0 Å². The van der Waals surface area contributed by atoms with Gasteiger partial charge in [0.1, 0.15) is 0 Å². The molecule has 0 spiro atoms. The molecule has 4 nitrogen and oxygen atoms in total. The summed E-state index contributed by atoms with van der Waals surface area (Å²) in [6.07, 6.45) is 1.68. The fourth-order valence-corrected chi connectivity index (χ4v) is 1.86. The molecule has 0 bridgehead atoms. The molecule has 1 heterocycles. The summed E-state index contributed by atoms with van der Waals surface area (Å²) in [5.41, 5.74) is 8.21. The minimum atomic E-state index is -0.444. The van der Waals surface area contributed by atoms with Gasteiger partial charge in [-0.25, -0.2) is 9.79 Å². The zero-order valence-electron chi connectivity index (χ0n) is 10.6. The number of carbonyl (C=O) groups is 1. The Morgan fingerprint density at radius 3 is 2.40 bits per heavy atom. The van der Waals surface area contributed by atoms with Crippen LogP contribution in [0.15, 0.2) is 65.3 Å². The van der Waals surface area contributed by atoms with E-state index in [2.05, 4.69) is 4.99 Å². The van der Waals surface area contributed by atoms with Crippen molar-refractivity contribution in [1.82, 2.24) is 0 Å². The standard InChI is InChI=1S/C16H12N2O2/c17-13-8-6-11(7-9-13)10-14-16(19)20-15(18-14)12-4-2-1-3-5-12/h1-10H,17H2/b14-10+. The number of nitrogens with two attached hydrogens (primary N) is 1. The number of hydrogen-bond acceptors (Lipinski definition) is 4. The maximum absolute atomic E-state index is 11.8. The van der Waals surface area contributed by atoms with Gasteiger partial charge in [0.2, 0.25) is 5.90 Å². The number of aliphatic imine (C=N–C) groups is 1. The molecule has 3 rings (SSSR count). The Balaban J connectivity index is 1.92. The van der Waals surface area contributed by atoms with Gasteiger partial charge in [-0.3, -0.25) is 0 Å². The van der Waals surface area contributed by atoms with E-state index in [0.29, 0.717) is 11.6 Å². The molecule has 2 N–H and O–H groups in total. The second-order valence-electron chi connectivity index (χ2n) is 4.37. The summed E-state index contributed by atoms with van der Waals surface area (Å²) in [6, 6.07) is 16.5. The van der Waals surface area contributed by atoms with Crippen LogP contribution in [0.5, 0.6) is 0 Å². The molecule has 98 valence electrons. The number of cyclic esters (lactones) is 1. The topological polar surface area (TPSA) is 64.7 Å². The van der Waals surface area contributed by atoms with Crippen molar-refractivity contribution in [1.29, 1.82) is 0 Å². The third-order valence-electron chi connectivity index (χ3n) is 2.88. The number of nitrogen functional groups attached to an aromatic ring is 1. The number of hydrogen-bond donors (Lipinski definition) is 1. The summed E-state index contributed by atoms with van der Waals surface area (Å²) in [4.78, 5) is 16.0. The summed E-state index contributed by atoms with van der Waals surface area (Å²) in [6.45, 7) is 0. The molecule has 2 aromatic carbocycles. The molecule has 4 heteroatoms. The van der Waals surface area contributed by atoms with E-state index < -0.39 is 5.97 Å². The molecular formula is C16H12N2O2. The van der Waals surface area contributed by atoms with Gasteiger partial charge >= 0.3 is 5.97 Å². The maximum atomic E-state index is 11.8. The van der Waals surface area contributed by atoms with Gasteiger partial charge in [0, 0.05) is 11.3 Å². The molecule has 0 amide bonds. The van der Waals surface area contributed by atoms with Crippen LogP contribution < -0.4 is 5.73 Å². The van der Waals surface area contributed by atoms with E-state index in [1.165, 1.54) is 0 Å². The number of benzene rings is 2. The summed E-state index contributed by atoms with van der Waals surface area (Å²) in [5.74, 6) is -0.113. The highest BCUT2D eigenvalue weighted by atomic mass is 16.6. The normalized spacial score (nSPS) is 16.1. The SMILES string of the molecule is Nc1ccc(/C=C2/N=C(c3ccccc3)OC2=O)cc1. The van der Waals surface area contributed by atoms with Crippen LogP contribution in [0, 0.1) is 0 Å². The second-order valence-corrected chi connectivity index (χ2v) is 4.37. The van der Waals surface area contributed by atoms with Crippen LogP contribution in [0.1, 0.15) is 11.1 Å². The molecule has 1 aliphatic rings. The molecule has 0 atom stereocenters. The molecular weight excluding hydrogens is 252 g/mol. The Bertz CT molecular complexity index is 701. The van der Waals surface area contributed by atoms with E-state index in [1.54, 1.807) is 18.2 Å². The monoisotopic (exact) mass is 264 g/mol. The Morgan fingerprint density at radius 2 is 1.70 bits per heavy atom. The van der Waals surface area contributed by atoms with Crippen molar-refractivity contribution in [2.45, 2.75) is 0 Å². The van der Waals surface area contributed by atoms with E-state index in [0.717, 1.165) is 11.1 Å². The minimum Gasteiger partial charge on any atom is -0.402 e. The largest absolute Gasteiger partial charge is 0.402 e. The predicted octanol–water partition coefficient (Wildman–Crippen LogP) is 2.61. The average Bonchev–Trinajstić information content (AvgIpc) is 2.84. The lowest BCUT2D eigenvalue weighted by atomic mass is 10.2. The predicted molar refractivity (Wildman–Crippen MR) is 77.9 cm³/mol. The number of esters is 1. The third kappa shape index (κ3) is 2.44. The molecule has 1 aliphatic heterocycles. The van der Waals surface area contributed by atoms with E-state index >= 15 is 0 Å². The Labute approximate surface area is 116 Å². The molecule has 0 saturated heterocycles. The lowest BCUT2D eigenvalue weighted by Gasteiger charge is -1.97. The summed E-state index contributed by atoms with van der Waals surface area (Å²) >= 11 is 0. The van der Waals surface area contributed by atoms with Crippen LogP contribution in [0.2, 0.25) is 0 Å². The van der Waals surface area contributed by atoms with E-state index in [4.69, 9.17) is 10.5 Å². The smallest absolute Gasteiger partial charge is 0.363 e. The molecule has 0 unspecified atom stereocenters. The maximum Gasteiger partial charge on any atom is 0.363 e. The van der Waals surface area contributed by atoms with Crippen molar-refractivity contribution >= 4 is 23.6 Å². The van der Waals surface area contributed by atoms with Crippen LogP contribution in [-0.4, -0.2) is 11.9 Å². The van der Waals surface area contributed by atoms with Crippen molar-refractivity contribution in [2.24, 2.45) is 4.99 Å². The minimum absolute atomic E-state index is 0.286.